The van der Waals surface area contributed by atoms with Gasteiger partial charge in [0, 0.05) is 23.2 Å². The molecule has 2 aliphatic rings. The lowest BCUT2D eigenvalue weighted by Gasteiger charge is -2.36. The van der Waals surface area contributed by atoms with Crippen molar-refractivity contribution in [1.82, 2.24) is 14.9 Å². The van der Waals surface area contributed by atoms with Gasteiger partial charge in [0.2, 0.25) is 5.95 Å². The van der Waals surface area contributed by atoms with E-state index in [2.05, 4.69) is 22.1 Å². The zero-order valence-corrected chi connectivity index (χ0v) is 16.5. The van der Waals surface area contributed by atoms with Crippen molar-refractivity contribution in [3.8, 4) is 0 Å². The van der Waals surface area contributed by atoms with E-state index in [-0.39, 0.29) is 41.9 Å². The number of aromatic nitrogens is 2. The molecule has 6 heteroatoms. The van der Waals surface area contributed by atoms with Crippen LogP contribution in [0.3, 0.4) is 0 Å². The van der Waals surface area contributed by atoms with E-state index in [9.17, 15) is 9.90 Å². The third kappa shape index (κ3) is 3.15. The number of fused-ring (bicyclic) bond motifs is 2. The van der Waals surface area contributed by atoms with Crippen molar-refractivity contribution in [1.29, 1.82) is 0 Å². The second kappa shape index (κ2) is 7.17. The Morgan fingerprint density at radius 3 is 2.71 bits per heavy atom. The molecule has 6 nitrogen and oxygen atoms in total. The molecule has 0 spiro atoms. The van der Waals surface area contributed by atoms with Gasteiger partial charge in [0.25, 0.3) is 5.91 Å². The molecular formula is C22H28N4O2. The number of nitrogens with two attached hydrogens (primary N) is 1. The largest absolute Gasteiger partial charge is 0.396 e. The minimum atomic E-state index is -0.292. The van der Waals surface area contributed by atoms with Gasteiger partial charge in [-0.25, -0.2) is 9.97 Å². The molecule has 0 unspecified atom stereocenters. The topological polar surface area (TPSA) is 92.3 Å². The molecule has 1 amide bonds. The maximum atomic E-state index is 13.4. The maximum Gasteiger partial charge on any atom is 0.273 e. The molecule has 4 rings (SSSR count). The Balaban J connectivity index is 1.64. The quantitative estimate of drug-likeness (QED) is 0.832. The van der Waals surface area contributed by atoms with E-state index in [1.807, 2.05) is 36.9 Å². The average molecular weight is 380 g/mol. The van der Waals surface area contributed by atoms with Crippen LogP contribution in [0, 0.1) is 5.41 Å². The maximum absolute atomic E-state index is 13.4. The highest BCUT2D eigenvalue weighted by Gasteiger charge is 2.57. The minimum Gasteiger partial charge on any atom is -0.396 e. The fourth-order valence-electron chi connectivity index (χ4n) is 5.04. The summed E-state index contributed by atoms with van der Waals surface area (Å²) in [5, 5.41) is 10.3. The van der Waals surface area contributed by atoms with E-state index in [1.165, 1.54) is 5.56 Å². The summed E-state index contributed by atoms with van der Waals surface area (Å²) in [4.78, 5) is 23.8. The van der Waals surface area contributed by atoms with Crippen LogP contribution < -0.4 is 5.73 Å². The summed E-state index contributed by atoms with van der Waals surface area (Å²) < 4.78 is 0. The standard InChI is InChI=1S/C22H28N4O2/c1-14(2)17-10-18(25-21(23)24-17)20(28)26-16-8-9-19(26)22(12-16,13-27)11-15-6-4-3-5-7-15/h3-7,10,14,16,19,27H,8-9,11-13H2,1-2H3,(H2,23,24,25)/t16-,19+,22-/m1/s1. The first-order valence-electron chi connectivity index (χ1n) is 10.1. The van der Waals surface area contributed by atoms with Crippen LogP contribution in [0.1, 0.15) is 60.8 Å². The normalized spacial score (nSPS) is 26.2. The summed E-state index contributed by atoms with van der Waals surface area (Å²) in [6, 6.07) is 12.2. The first-order valence-corrected chi connectivity index (χ1v) is 10.1. The first-order chi connectivity index (χ1) is 13.4. The van der Waals surface area contributed by atoms with Crippen molar-refractivity contribution in [2.75, 3.05) is 12.3 Å². The predicted octanol–water partition coefficient (Wildman–Crippen LogP) is 2.78. The number of aliphatic hydroxyl groups excluding tert-OH is 1. The lowest BCUT2D eigenvalue weighted by molar-refractivity contribution is 0.0566. The SMILES string of the molecule is CC(C)c1cc(C(=O)N2[C@@H]3CC[C@H]2[C@](CO)(Cc2ccccc2)C3)nc(N)n1. The molecule has 1 aromatic carbocycles. The predicted molar refractivity (Wildman–Crippen MR) is 108 cm³/mol. The van der Waals surface area contributed by atoms with E-state index in [4.69, 9.17) is 5.73 Å². The van der Waals surface area contributed by atoms with Crippen LogP contribution in [0.15, 0.2) is 36.4 Å². The number of hydrogen-bond acceptors (Lipinski definition) is 5. The van der Waals surface area contributed by atoms with Crippen molar-refractivity contribution in [2.24, 2.45) is 5.41 Å². The second-order valence-corrected chi connectivity index (χ2v) is 8.54. The second-order valence-electron chi connectivity index (χ2n) is 8.54. The van der Waals surface area contributed by atoms with Gasteiger partial charge in [-0.2, -0.15) is 0 Å². The fraction of sp³-hybridized carbons (Fsp3) is 0.500. The zero-order valence-electron chi connectivity index (χ0n) is 16.5. The lowest BCUT2D eigenvalue weighted by atomic mass is 9.70. The smallest absolute Gasteiger partial charge is 0.273 e. The monoisotopic (exact) mass is 380 g/mol. The summed E-state index contributed by atoms with van der Waals surface area (Å²) in [7, 11) is 0. The van der Waals surface area contributed by atoms with Crippen molar-refractivity contribution in [3.05, 3.63) is 53.3 Å². The number of carbonyl (C=O) groups excluding carboxylic acids is 1. The Bertz CT molecular complexity index is 870. The molecular weight excluding hydrogens is 352 g/mol. The Morgan fingerprint density at radius 2 is 2.04 bits per heavy atom. The number of nitrogens with zero attached hydrogens (tertiary/aromatic N) is 3. The Morgan fingerprint density at radius 1 is 1.29 bits per heavy atom. The van der Waals surface area contributed by atoms with E-state index in [0.717, 1.165) is 31.4 Å². The van der Waals surface area contributed by atoms with Crippen LogP contribution in [0.4, 0.5) is 5.95 Å². The van der Waals surface area contributed by atoms with Crippen molar-refractivity contribution >= 4 is 11.9 Å². The number of carbonyl (C=O) groups is 1. The summed E-state index contributed by atoms with van der Waals surface area (Å²) in [6.07, 6.45) is 3.50. The van der Waals surface area contributed by atoms with Crippen LogP contribution in [0.2, 0.25) is 0 Å². The van der Waals surface area contributed by atoms with Crippen LogP contribution >= 0.6 is 0 Å². The fourth-order valence-corrected chi connectivity index (χ4v) is 5.04. The number of benzene rings is 1. The molecule has 148 valence electrons. The molecule has 3 heterocycles. The number of amides is 1. The first kappa shape index (κ1) is 18.9. The third-order valence-electron chi connectivity index (χ3n) is 6.37. The molecule has 2 bridgehead atoms. The Kier molecular flexibility index (Phi) is 4.83. The van der Waals surface area contributed by atoms with E-state index in [0.29, 0.717) is 5.69 Å². The van der Waals surface area contributed by atoms with Gasteiger partial charge in [-0.1, -0.05) is 44.2 Å². The summed E-state index contributed by atoms with van der Waals surface area (Å²) in [5.41, 5.74) is 7.91. The number of hydrogen-bond donors (Lipinski definition) is 2. The van der Waals surface area contributed by atoms with E-state index in [1.54, 1.807) is 6.07 Å². The van der Waals surface area contributed by atoms with Gasteiger partial charge in [-0.05, 0) is 43.2 Å². The van der Waals surface area contributed by atoms with Gasteiger partial charge in [-0.3, -0.25) is 4.79 Å². The van der Waals surface area contributed by atoms with Gasteiger partial charge < -0.3 is 15.7 Å². The molecule has 0 aliphatic carbocycles. The van der Waals surface area contributed by atoms with Gasteiger partial charge in [0.15, 0.2) is 0 Å². The van der Waals surface area contributed by atoms with Crippen molar-refractivity contribution < 1.29 is 9.90 Å². The van der Waals surface area contributed by atoms with Crippen LogP contribution in [-0.4, -0.2) is 44.6 Å². The molecule has 2 fully saturated rings. The van der Waals surface area contributed by atoms with Crippen molar-refractivity contribution in [3.63, 3.8) is 0 Å². The van der Waals surface area contributed by atoms with Gasteiger partial charge in [0.1, 0.15) is 5.69 Å². The Labute approximate surface area is 165 Å². The zero-order chi connectivity index (χ0) is 19.9. The summed E-state index contributed by atoms with van der Waals surface area (Å²) in [5.74, 6) is 0.215. The van der Waals surface area contributed by atoms with Gasteiger partial charge in [0.05, 0.1) is 6.61 Å². The molecule has 2 saturated heterocycles. The van der Waals surface area contributed by atoms with Gasteiger partial charge >= 0.3 is 0 Å². The Hall–Kier alpha value is -2.47. The molecule has 1 aromatic heterocycles. The number of nitrogen functional groups attached to an aromatic ring is 1. The highest BCUT2D eigenvalue weighted by atomic mass is 16.3. The summed E-state index contributed by atoms with van der Waals surface area (Å²) >= 11 is 0. The van der Waals surface area contributed by atoms with Crippen LogP contribution in [-0.2, 0) is 6.42 Å². The molecule has 2 aromatic rings. The molecule has 0 radical (unpaired) electrons. The van der Waals surface area contributed by atoms with Crippen molar-refractivity contribution in [2.45, 2.75) is 57.5 Å². The molecule has 3 atom stereocenters. The minimum absolute atomic E-state index is 0.0221. The average Bonchev–Trinajstić information content (AvgIpc) is 3.23. The van der Waals surface area contributed by atoms with Crippen LogP contribution in [0.5, 0.6) is 0 Å². The lowest BCUT2D eigenvalue weighted by Crippen LogP contribution is -2.44. The highest BCUT2D eigenvalue weighted by molar-refractivity contribution is 5.93. The van der Waals surface area contributed by atoms with Crippen LogP contribution in [0.25, 0.3) is 0 Å². The number of aliphatic hydroxyl groups is 1. The number of rotatable bonds is 5. The van der Waals surface area contributed by atoms with Gasteiger partial charge in [-0.15, -0.1) is 0 Å². The third-order valence-corrected chi connectivity index (χ3v) is 6.37. The molecule has 0 saturated carbocycles. The molecule has 28 heavy (non-hydrogen) atoms. The number of anilines is 1. The summed E-state index contributed by atoms with van der Waals surface area (Å²) in [6.45, 7) is 4.12. The molecule has 2 aliphatic heterocycles. The van der Waals surface area contributed by atoms with E-state index < -0.39 is 0 Å². The van der Waals surface area contributed by atoms with E-state index >= 15 is 0 Å². The molecule has 3 N–H and O–H groups in total. The highest BCUT2D eigenvalue weighted by Crippen LogP contribution is 2.51.